The number of hydrogen-bond acceptors (Lipinski definition) is 7. The van der Waals surface area contributed by atoms with Crippen molar-refractivity contribution in [2.45, 2.75) is 50.2 Å². The molecular formula is C22H30N6O3S. The highest BCUT2D eigenvalue weighted by Crippen LogP contribution is 2.27. The molecule has 1 aliphatic carbocycles. The van der Waals surface area contributed by atoms with E-state index in [0.29, 0.717) is 19.0 Å². The number of nitrogens with zero attached hydrogens (tertiary/aromatic N) is 4. The Morgan fingerprint density at radius 2 is 1.84 bits per heavy atom. The summed E-state index contributed by atoms with van der Waals surface area (Å²) in [5, 5.41) is 14.9. The van der Waals surface area contributed by atoms with Gasteiger partial charge in [0.1, 0.15) is 0 Å². The molecule has 32 heavy (non-hydrogen) atoms. The van der Waals surface area contributed by atoms with Crippen LogP contribution in [0.5, 0.6) is 0 Å². The zero-order valence-electron chi connectivity index (χ0n) is 18.4. The number of imide groups is 1. The normalized spacial score (nSPS) is 16.8. The first kappa shape index (κ1) is 22.6. The van der Waals surface area contributed by atoms with Gasteiger partial charge in [-0.2, -0.15) is 0 Å². The second-order valence-corrected chi connectivity index (χ2v) is 9.22. The van der Waals surface area contributed by atoms with Gasteiger partial charge in [0.25, 0.3) is 0 Å². The minimum Gasteiger partial charge on any atom is -0.378 e. The van der Waals surface area contributed by atoms with Crippen LogP contribution in [0.15, 0.2) is 29.4 Å². The van der Waals surface area contributed by atoms with Crippen LogP contribution in [0.2, 0.25) is 0 Å². The van der Waals surface area contributed by atoms with Gasteiger partial charge < -0.3 is 15.0 Å². The zero-order valence-corrected chi connectivity index (χ0v) is 19.2. The summed E-state index contributed by atoms with van der Waals surface area (Å²) in [4.78, 5) is 26.4. The summed E-state index contributed by atoms with van der Waals surface area (Å²) < 4.78 is 7.50. The zero-order chi connectivity index (χ0) is 22.3. The van der Waals surface area contributed by atoms with Crippen LogP contribution < -0.4 is 15.5 Å². The van der Waals surface area contributed by atoms with Gasteiger partial charge in [0, 0.05) is 31.3 Å². The van der Waals surface area contributed by atoms with Crippen molar-refractivity contribution in [3.63, 3.8) is 0 Å². The summed E-state index contributed by atoms with van der Waals surface area (Å²) in [7, 11) is 0. The number of amides is 3. The fraction of sp³-hybridized carbons (Fsp3) is 0.545. The second-order valence-electron chi connectivity index (χ2n) is 8.15. The summed E-state index contributed by atoms with van der Waals surface area (Å²) in [6.07, 6.45) is 4.44. The number of carbonyl (C=O) groups excluding carboxylic acids is 2. The average molecular weight is 459 g/mol. The van der Waals surface area contributed by atoms with Crippen LogP contribution in [0.3, 0.4) is 0 Å². The van der Waals surface area contributed by atoms with Crippen LogP contribution >= 0.6 is 11.8 Å². The van der Waals surface area contributed by atoms with Crippen LogP contribution in [0, 0.1) is 6.92 Å². The van der Waals surface area contributed by atoms with Gasteiger partial charge in [0.05, 0.1) is 18.9 Å². The third kappa shape index (κ3) is 5.80. The van der Waals surface area contributed by atoms with Gasteiger partial charge in [-0.15, -0.1) is 10.2 Å². The van der Waals surface area contributed by atoms with Crippen molar-refractivity contribution in [3.8, 4) is 5.69 Å². The molecule has 0 radical (unpaired) electrons. The van der Waals surface area contributed by atoms with Crippen molar-refractivity contribution in [2.24, 2.45) is 0 Å². The number of aryl methyl sites for hydroxylation is 1. The van der Waals surface area contributed by atoms with Crippen molar-refractivity contribution < 1.29 is 14.3 Å². The monoisotopic (exact) mass is 458 g/mol. The molecule has 0 spiro atoms. The highest BCUT2D eigenvalue weighted by Gasteiger charge is 2.22. The second kappa shape index (κ2) is 10.8. The smallest absolute Gasteiger partial charge is 0.321 e. The largest absolute Gasteiger partial charge is 0.378 e. The van der Waals surface area contributed by atoms with Gasteiger partial charge in [-0.1, -0.05) is 42.3 Å². The first-order valence-electron chi connectivity index (χ1n) is 11.2. The number of urea groups is 1. The number of carbonyl (C=O) groups is 2. The Kier molecular flexibility index (Phi) is 7.64. The molecule has 0 bridgehead atoms. The molecule has 2 aliphatic rings. The van der Waals surface area contributed by atoms with E-state index in [2.05, 4.69) is 44.8 Å². The molecule has 2 N–H and O–H groups in total. The van der Waals surface area contributed by atoms with E-state index in [9.17, 15) is 9.59 Å². The average Bonchev–Trinajstić information content (AvgIpc) is 3.45. The van der Waals surface area contributed by atoms with E-state index >= 15 is 0 Å². The lowest BCUT2D eigenvalue weighted by Crippen LogP contribution is -2.43. The molecule has 1 saturated carbocycles. The molecule has 4 rings (SSSR count). The van der Waals surface area contributed by atoms with Crippen LogP contribution in [0.1, 0.15) is 37.7 Å². The van der Waals surface area contributed by atoms with E-state index < -0.39 is 6.03 Å². The lowest BCUT2D eigenvalue weighted by molar-refractivity contribution is -0.119. The first-order valence-corrected chi connectivity index (χ1v) is 12.2. The number of anilines is 1. The number of aromatic nitrogens is 3. The molecule has 3 amide bonds. The summed E-state index contributed by atoms with van der Waals surface area (Å²) in [6.45, 7) is 4.88. The number of hydrogen-bond donors (Lipinski definition) is 2. The minimum atomic E-state index is -0.399. The van der Waals surface area contributed by atoms with Crippen LogP contribution in [0.4, 0.5) is 10.7 Å². The molecule has 172 valence electrons. The molecule has 1 aromatic carbocycles. The van der Waals surface area contributed by atoms with E-state index in [-0.39, 0.29) is 18.4 Å². The van der Waals surface area contributed by atoms with E-state index in [1.54, 1.807) is 0 Å². The van der Waals surface area contributed by atoms with E-state index in [0.717, 1.165) is 55.6 Å². The predicted octanol–water partition coefficient (Wildman–Crippen LogP) is 2.66. The van der Waals surface area contributed by atoms with E-state index in [4.69, 9.17) is 4.74 Å². The minimum absolute atomic E-state index is 0.184. The van der Waals surface area contributed by atoms with Crippen molar-refractivity contribution in [3.05, 3.63) is 29.8 Å². The SMILES string of the molecule is Cc1ccc(-n2c(SCCC(=O)NC(=O)NC3CCCC3)nnc2N2CCOCC2)cc1. The quantitative estimate of drug-likeness (QED) is 0.615. The van der Waals surface area contributed by atoms with Gasteiger partial charge in [-0.3, -0.25) is 14.7 Å². The Hall–Kier alpha value is -2.59. The van der Waals surface area contributed by atoms with Gasteiger partial charge >= 0.3 is 6.03 Å². The van der Waals surface area contributed by atoms with Crippen LogP contribution in [-0.4, -0.2) is 64.8 Å². The third-order valence-electron chi connectivity index (χ3n) is 5.71. The summed E-state index contributed by atoms with van der Waals surface area (Å²) >= 11 is 1.46. The van der Waals surface area contributed by atoms with Crippen molar-refractivity contribution in [2.75, 3.05) is 37.0 Å². The molecule has 2 aromatic rings. The fourth-order valence-corrected chi connectivity index (χ4v) is 4.84. The Morgan fingerprint density at radius 1 is 1.12 bits per heavy atom. The first-order chi connectivity index (χ1) is 15.6. The highest BCUT2D eigenvalue weighted by molar-refractivity contribution is 7.99. The molecule has 1 aliphatic heterocycles. The van der Waals surface area contributed by atoms with Gasteiger partial charge in [0.2, 0.25) is 11.9 Å². The van der Waals surface area contributed by atoms with Crippen molar-refractivity contribution in [1.82, 2.24) is 25.4 Å². The summed E-state index contributed by atoms with van der Waals surface area (Å²) in [6, 6.07) is 8.00. The lowest BCUT2D eigenvalue weighted by atomic mass is 10.2. The number of nitrogens with one attached hydrogen (secondary N) is 2. The molecule has 1 aromatic heterocycles. The third-order valence-corrected chi connectivity index (χ3v) is 6.64. The van der Waals surface area contributed by atoms with Crippen LogP contribution in [0.25, 0.3) is 5.69 Å². The molecule has 0 atom stereocenters. The van der Waals surface area contributed by atoms with Crippen LogP contribution in [-0.2, 0) is 9.53 Å². The molecule has 2 heterocycles. The number of ether oxygens (including phenoxy) is 1. The number of morpholine rings is 1. The molecule has 2 fully saturated rings. The molecule has 1 saturated heterocycles. The van der Waals surface area contributed by atoms with Crippen molar-refractivity contribution in [1.29, 1.82) is 0 Å². The summed E-state index contributed by atoms with van der Waals surface area (Å²) in [5.74, 6) is 0.984. The Morgan fingerprint density at radius 3 is 2.56 bits per heavy atom. The number of thioether (sulfide) groups is 1. The molecular weight excluding hydrogens is 428 g/mol. The van der Waals surface area contributed by atoms with Crippen molar-refractivity contribution >= 4 is 29.6 Å². The predicted molar refractivity (Wildman–Crippen MR) is 123 cm³/mol. The molecule has 10 heteroatoms. The van der Waals surface area contributed by atoms with Gasteiger partial charge in [-0.25, -0.2) is 4.79 Å². The number of benzene rings is 1. The standard InChI is InChI=1S/C22H30N6O3S/c1-16-6-8-18(9-7-16)28-21(27-11-13-31-14-12-27)25-26-22(28)32-15-10-19(29)24-20(30)23-17-4-2-3-5-17/h6-9,17H,2-5,10-15H2,1H3,(H2,23,24,29,30). The maximum atomic E-state index is 12.2. The highest BCUT2D eigenvalue weighted by atomic mass is 32.2. The topological polar surface area (TPSA) is 101 Å². The van der Waals surface area contributed by atoms with E-state index in [1.807, 2.05) is 16.7 Å². The number of rotatable bonds is 7. The Labute approximate surface area is 192 Å². The van der Waals surface area contributed by atoms with Gasteiger partial charge in [0.15, 0.2) is 5.16 Å². The summed E-state index contributed by atoms with van der Waals surface area (Å²) in [5.41, 5.74) is 2.15. The maximum Gasteiger partial charge on any atom is 0.321 e. The van der Waals surface area contributed by atoms with Gasteiger partial charge in [-0.05, 0) is 31.9 Å². The fourth-order valence-electron chi connectivity index (χ4n) is 3.96. The van der Waals surface area contributed by atoms with E-state index in [1.165, 1.54) is 17.3 Å². The maximum absolute atomic E-state index is 12.2. The molecule has 9 nitrogen and oxygen atoms in total. The molecule has 0 unspecified atom stereocenters. The Bertz CT molecular complexity index is 920. The Balaban J connectivity index is 1.38. The lowest BCUT2D eigenvalue weighted by Gasteiger charge is -2.28.